The zero-order chi connectivity index (χ0) is 24.0. The van der Waals surface area contributed by atoms with Crippen LogP contribution in [0.15, 0.2) is 30.5 Å². The highest BCUT2D eigenvalue weighted by Gasteiger charge is 2.30. The van der Waals surface area contributed by atoms with Crippen molar-refractivity contribution in [1.29, 1.82) is 0 Å². The van der Waals surface area contributed by atoms with Crippen LogP contribution in [0.5, 0.6) is 0 Å². The lowest BCUT2D eigenvalue weighted by molar-refractivity contribution is 0.0503. The van der Waals surface area contributed by atoms with Gasteiger partial charge in [0.2, 0.25) is 5.95 Å². The van der Waals surface area contributed by atoms with Gasteiger partial charge >= 0.3 is 0 Å². The fraction of sp³-hybridized carbons (Fsp3) is 0.577. The molecule has 1 aromatic heterocycles. The molecule has 0 bridgehead atoms. The molecule has 1 atom stereocenters. The number of nitrogens with one attached hydrogen (secondary N) is 3. The molecule has 188 valence electrons. The second-order valence-electron chi connectivity index (χ2n) is 9.82. The number of anilines is 4. The third-order valence-electron chi connectivity index (χ3n) is 7.42. The number of aromatic nitrogens is 2. The largest absolute Gasteiger partial charge is 0.394 e. The number of piperazine rings is 1. The summed E-state index contributed by atoms with van der Waals surface area (Å²) in [5, 5.41) is 20.0. The van der Waals surface area contributed by atoms with Gasteiger partial charge in [0.15, 0.2) is 0 Å². The van der Waals surface area contributed by atoms with Gasteiger partial charge in [-0.3, -0.25) is 4.79 Å². The number of nitrogens with zero attached hydrogens (tertiary/aromatic N) is 4. The number of benzene rings is 1. The molecule has 2 saturated heterocycles. The lowest BCUT2D eigenvalue weighted by Gasteiger charge is -2.35. The number of aliphatic hydroxyl groups excluding tert-OH is 1. The molecule has 1 saturated carbocycles. The van der Waals surface area contributed by atoms with Crippen molar-refractivity contribution in [3.63, 3.8) is 0 Å². The van der Waals surface area contributed by atoms with E-state index >= 15 is 0 Å². The fourth-order valence-electron chi connectivity index (χ4n) is 5.39. The van der Waals surface area contributed by atoms with Gasteiger partial charge in [-0.2, -0.15) is 4.98 Å². The number of rotatable bonds is 7. The summed E-state index contributed by atoms with van der Waals surface area (Å²) in [6.45, 7) is 4.68. The van der Waals surface area contributed by atoms with Gasteiger partial charge in [-0.15, -0.1) is 0 Å². The maximum atomic E-state index is 13.5. The van der Waals surface area contributed by atoms with Crippen LogP contribution in [0.2, 0.25) is 0 Å². The quantitative estimate of drug-likeness (QED) is 0.480. The topological polar surface area (TPSA) is 106 Å². The summed E-state index contributed by atoms with van der Waals surface area (Å²) in [5.41, 5.74) is 2.60. The molecule has 1 aromatic carbocycles. The average Bonchev–Trinajstić information content (AvgIpc) is 3.42. The average molecular weight is 480 g/mol. The highest BCUT2D eigenvalue weighted by Crippen LogP contribution is 2.28. The van der Waals surface area contributed by atoms with E-state index in [9.17, 15) is 9.90 Å². The molecule has 2 aliphatic heterocycles. The van der Waals surface area contributed by atoms with E-state index in [4.69, 9.17) is 4.98 Å². The molecule has 4 N–H and O–H groups in total. The minimum atomic E-state index is -0.136. The van der Waals surface area contributed by atoms with Crippen molar-refractivity contribution in [1.82, 2.24) is 20.2 Å². The predicted octanol–water partition coefficient (Wildman–Crippen LogP) is 2.97. The Bertz CT molecular complexity index is 988. The maximum absolute atomic E-state index is 13.5. The Hall–Kier alpha value is -2.91. The normalized spacial score (nSPS) is 21.2. The Labute approximate surface area is 207 Å². The van der Waals surface area contributed by atoms with Crippen LogP contribution >= 0.6 is 0 Å². The van der Waals surface area contributed by atoms with Crippen molar-refractivity contribution >= 4 is 29.0 Å². The van der Waals surface area contributed by atoms with Gasteiger partial charge in [-0.1, -0.05) is 12.8 Å². The number of hydrogen-bond donors (Lipinski definition) is 4. The Morgan fingerprint density at radius 2 is 1.77 bits per heavy atom. The van der Waals surface area contributed by atoms with Gasteiger partial charge in [0.05, 0.1) is 12.6 Å². The number of amides is 1. The molecule has 3 aliphatic rings. The minimum Gasteiger partial charge on any atom is -0.394 e. The molecule has 2 aromatic rings. The Kier molecular flexibility index (Phi) is 7.63. The summed E-state index contributed by atoms with van der Waals surface area (Å²) in [4.78, 5) is 26.9. The Balaban J connectivity index is 1.35. The molecule has 9 nitrogen and oxygen atoms in total. The fourth-order valence-corrected chi connectivity index (χ4v) is 5.39. The predicted molar refractivity (Wildman–Crippen MR) is 138 cm³/mol. The SMILES string of the molecule is O=C(c1cnc(Nc2ccc(N3CCNCC3)cc2)nc1NC1CCCC1)N1CCCCC1CO. The molecule has 3 heterocycles. The van der Waals surface area contributed by atoms with Crippen LogP contribution in [0.1, 0.15) is 55.3 Å². The maximum Gasteiger partial charge on any atom is 0.259 e. The molecule has 1 aliphatic carbocycles. The highest BCUT2D eigenvalue weighted by molar-refractivity contribution is 5.99. The number of carbonyl (C=O) groups is 1. The van der Waals surface area contributed by atoms with Crippen molar-refractivity contribution in [2.75, 3.05) is 54.9 Å². The van der Waals surface area contributed by atoms with Gasteiger partial charge in [0.1, 0.15) is 11.4 Å². The van der Waals surface area contributed by atoms with Crippen LogP contribution < -0.4 is 20.9 Å². The first kappa shape index (κ1) is 23.8. The monoisotopic (exact) mass is 479 g/mol. The minimum absolute atomic E-state index is 0.0123. The van der Waals surface area contributed by atoms with Crippen molar-refractivity contribution in [2.45, 2.75) is 57.0 Å². The summed E-state index contributed by atoms with van der Waals surface area (Å²) >= 11 is 0. The van der Waals surface area contributed by atoms with Crippen LogP contribution in [-0.2, 0) is 0 Å². The number of carbonyl (C=O) groups excluding carboxylic acids is 1. The highest BCUT2D eigenvalue weighted by atomic mass is 16.3. The van der Waals surface area contributed by atoms with Crippen LogP contribution in [-0.4, -0.2) is 77.3 Å². The van der Waals surface area contributed by atoms with E-state index in [1.807, 2.05) is 12.1 Å². The summed E-state index contributed by atoms with van der Waals surface area (Å²) in [6, 6.07) is 8.51. The zero-order valence-electron chi connectivity index (χ0n) is 20.4. The smallest absolute Gasteiger partial charge is 0.259 e. The van der Waals surface area contributed by atoms with E-state index in [1.165, 1.54) is 18.5 Å². The van der Waals surface area contributed by atoms with Gasteiger partial charge in [-0.25, -0.2) is 4.98 Å². The van der Waals surface area contributed by atoms with E-state index < -0.39 is 0 Å². The number of likely N-dealkylation sites (tertiary alicyclic amines) is 1. The summed E-state index contributed by atoms with van der Waals surface area (Å²) in [5.74, 6) is 0.949. The van der Waals surface area contributed by atoms with Gasteiger partial charge in [0, 0.05) is 56.3 Å². The number of hydrogen-bond acceptors (Lipinski definition) is 8. The van der Waals surface area contributed by atoms with E-state index in [2.05, 4.69) is 38.0 Å². The third-order valence-corrected chi connectivity index (χ3v) is 7.42. The first-order chi connectivity index (χ1) is 17.2. The van der Waals surface area contributed by atoms with Crippen LogP contribution in [0, 0.1) is 0 Å². The molecular weight excluding hydrogens is 442 g/mol. The molecule has 3 fully saturated rings. The van der Waals surface area contributed by atoms with Crippen LogP contribution in [0.3, 0.4) is 0 Å². The molecule has 35 heavy (non-hydrogen) atoms. The van der Waals surface area contributed by atoms with E-state index in [0.717, 1.165) is 64.0 Å². The number of piperidine rings is 1. The second-order valence-corrected chi connectivity index (χ2v) is 9.82. The molecule has 5 rings (SSSR count). The summed E-state index contributed by atoms with van der Waals surface area (Å²) in [6.07, 6.45) is 9.00. The standard InChI is InChI=1S/C26H37N7O2/c34-18-22-7-3-4-14-33(22)25(35)23-17-28-26(31-24(23)29-19-5-1-2-6-19)30-20-8-10-21(11-9-20)32-15-12-27-13-16-32/h8-11,17,19,22,27,34H,1-7,12-16,18H2,(H2,28,29,30,31). The lowest BCUT2D eigenvalue weighted by atomic mass is 10.0. The van der Waals surface area contributed by atoms with E-state index in [-0.39, 0.29) is 18.6 Å². The first-order valence-electron chi connectivity index (χ1n) is 13.1. The van der Waals surface area contributed by atoms with Crippen molar-refractivity contribution in [3.05, 3.63) is 36.0 Å². The van der Waals surface area contributed by atoms with Gasteiger partial charge < -0.3 is 30.9 Å². The van der Waals surface area contributed by atoms with Crippen molar-refractivity contribution < 1.29 is 9.90 Å². The van der Waals surface area contributed by atoms with Crippen LogP contribution in [0.4, 0.5) is 23.1 Å². The van der Waals surface area contributed by atoms with Crippen molar-refractivity contribution in [3.8, 4) is 0 Å². The lowest BCUT2D eigenvalue weighted by Crippen LogP contribution is -2.46. The molecule has 1 amide bonds. The first-order valence-corrected chi connectivity index (χ1v) is 13.1. The van der Waals surface area contributed by atoms with E-state index in [0.29, 0.717) is 29.9 Å². The van der Waals surface area contributed by atoms with Crippen LogP contribution in [0.25, 0.3) is 0 Å². The second kappa shape index (κ2) is 11.2. The van der Waals surface area contributed by atoms with E-state index in [1.54, 1.807) is 11.1 Å². The zero-order valence-corrected chi connectivity index (χ0v) is 20.4. The van der Waals surface area contributed by atoms with Crippen molar-refractivity contribution in [2.24, 2.45) is 0 Å². The molecule has 1 unspecified atom stereocenters. The summed E-state index contributed by atoms with van der Waals surface area (Å²) in [7, 11) is 0. The Morgan fingerprint density at radius 1 is 1.03 bits per heavy atom. The Morgan fingerprint density at radius 3 is 2.51 bits per heavy atom. The molecular formula is C26H37N7O2. The molecule has 0 spiro atoms. The summed E-state index contributed by atoms with van der Waals surface area (Å²) < 4.78 is 0. The molecule has 9 heteroatoms. The van der Waals surface area contributed by atoms with Gasteiger partial charge in [-0.05, 0) is 56.4 Å². The van der Waals surface area contributed by atoms with Gasteiger partial charge in [0.25, 0.3) is 5.91 Å². The number of aliphatic hydroxyl groups is 1. The molecule has 0 radical (unpaired) electrons. The third kappa shape index (κ3) is 5.67.